The van der Waals surface area contributed by atoms with Crippen molar-refractivity contribution < 1.29 is 4.74 Å². The molecule has 16 heavy (non-hydrogen) atoms. The third-order valence-electron chi connectivity index (χ3n) is 2.74. The second-order valence-corrected chi connectivity index (χ2v) is 3.76. The lowest BCUT2D eigenvalue weighted by atomic mass is 10.1. The van der Waals surface area contributed by atoms with Crippen molar-refractivity contribution in [2.45, 2.75) is 13.8 Å². The van der Waals surface area contributed by atoms with Crippen LogP contribution in [0.5, 0.6) is 5.88 Å². The number of hydrogen-bond donors (Lipinski definition) is 0. The Morgan fingerprint density at radius 2 is 2.00 bits per heavy atom. The number of ether oxygens (including phenoxy) is 1. The van der Waals surface area contributed by atoms with Gasteiger partial charge in [-0.1, -0.05) is 0 Å². The Morgan fingerprint density at radius 3 is 2.44 bits per heavy atom. The number of aromatic nitrogens is 3. The number of nitrogens with zero attached hydrogens (tertiary/aromatic N) is 3. The van der Waals surface area contributed by atoms with E-state index in [4.69, 9.17) is 4.74 Å². The van der Waals surface area contributed by atoms with E-state index in [0.29, 0.717) is 5.88 Å². The summed E-state index contributed by atoms with van der Waals surface area (Å²) in [7, 11) is 3.56. The van der Waals surface area contributed by atoms with E-state index in [9.17, 15) is 0 Å². The first-order chi connectivity index (χ1) is 7.63. The molecule has 0 unspecified atom stereocenters. The molecule has 0 bridgehead atoms. The lowest BCUT2D eigenvalue weighted by molar-refractivity contribution is 0.398. The van der Waals surface area contributed by atoms with Crippen LogP contribution in [0, 0.1) is 13.8 Å². The van der Waals surface area contributed by atoms with E-state index in [-0.39, 0.29) is 0 Å². The van der Waals surface area contributed by atoms with Crippen LogP contribution in [-0.4, -0.2) is 21.9 Å². The Morgan fingerprint density at radius 1 is 1.25 bits per heavy atom. The molecule has 4 nitrogen and oxygen atoms in total. The first kappa shape index (κ1) is 10.7. The van der Waals surface area contributed by atoms with Gasteiger partial charge in [-0.15, -0.1) is 0 Å². The zero-order chi connectivity index (χ0) is 11.7. The third-order valence-corrected chi connectivity index (χ3v) is 2.74. The molecule has 0 aliphatic heterocycles. The SMILES string of the molecule is COc1ccc(-c2c(C)nn(C)c2C)cn1. The summed E-state index contributed by atoms with van der Waals surface area (Å²) in [5, 5.41) is 4.39. The topological polar surface area (TPSA) is 39.9 Å². The number of pyridine rings is 1. The number of aryl methyl sites for hydroxylation is 2. The summed E-state index contributed by atoms with van der Waals surface area (Å²) in [5.74, 6) is 0.628. The van der Waals surface area contributed by atoms with Gasteiger partial charge in [0.1, 0.15) is 0 Å². The van der Waals surface area contributed by atoms with Gasteiger partial charge in [-0.2, -0.15) is 5.10 Å². The van der Waals surface area contributed by atoms with Crippen molar-refractivity contribution >= 4 is 0 Å². The van der Waals surface area contributed by atoms with Crippen LogP contribution in [-0.2, 0) is 7.05 Å². The number of methoxy groups -OCH3 is 1. The molecule has 2 rings (SSSR count). The van der Waals surface area contributed by atoms with Crippen molar-refractivity contribution in [1.29, 1.82) is 0 Å². The molecule has 0 saturated heterocycles. The Bertz CT molecular complexity index is 500. The van der Waals surface area contributed by atoms with Gasteiger partial charge in [0.2, 0.25) is 5.88 Å². The van der Waals surface area contributed by atoms with Crippen molar-refractivity contribution in [3.8, 4) is 17.0 Å². The highest BCUT2D eigenvalue weighted by atomic mass is 16.5. The van der Waals surface area contributed by atoms with Gasteiger partial charge >= 0.3 is 0 Å². The summed E-state index contributed by atoms with van der Waals surface area (Å²) in [6, 6.07) is 3.87. The van der Waals surface area contributed by atoms with Crippen LogP contribution < -0.4 is 4.74 Å². The quantitative estimate of drug-likeness (QED) is 0.773. The van der Waals surface area contributed by atoms with Crippen molar-refractivity contribution in [1.82, 2.24) is 14.8 Å². The zero-order valence-corrected chi connectivity index (χ0v) is 9.98. The molecule has 0 atom stereocenters. The van der Waals surface area contributed by atoms with E-state index in [1.165, 1.54) is 0 Å². The maximum absolute atomic E-state index is 5.04. The molecule has 2 heterocycles. The highest BCUT2D eigenvalue weighted by Gasteiger charge is 2.11. The Hall–Kier alpha value is -1.84. The van der Waals surface area contributed by atoms with Gasteiger partial charge in [-0.3, -0.25) is 4.68 Å². The van der Waals surface area contributed by atoms with Gasteiger partial charge in [0, 0.05) is 36.1 Å². The molecule has 84 valence electrons. The molecule has 0 fully saturated rings. The molecule has 0 spiro atoms. The van der Waals surface area contributed by atoms with Gasteiger partial charge in [0.25, 0.3) is 0 Å². The van der Waals surface area contributed by atoms with E-state index in [2.05, 4.69) is 17.0 Å². The lowest BCUT2D eigenvalue weighted by Gasteiger charge is -2.03. The first-order valence-electron chi connectivity index (χ1n) is 5.14. The van der Waals surface area contributed by atoms with Gasteiger partial charge in [0.05, 0.1) is 12.8 Å². The molecule has 0 N–H and O–H groups in total. The highest BCUT2D eigenvalue weighted by molar-refractivity contribution is 5.67. The minimum atomic E-state index is 0.628. The van der Waals surface area contributed by atoms with Crippen LogP contribution in [0.1, 0.15) is 11.4 Å². The standard InChI is InChI=1S/C12H15N3O/c1-8-12(9(2)15(3)14-8)10-5-6-11(16-4)13-7-10/h5-7H,1-4H3. The molecule has 0 aliphatic rings. The summed E-state index contributed by atoms with van der Waals surface area (Å²) >= 11 is 0. The van der Waals surface area contributed by atoms with Crippen molar-refractivity contribution in [2.24, 2.45) is 7.05 Å². The Kier molecular flexibility index (Phi) is 2.64. The van der Waals surface area contributed by atoms with Crippen molar-refractivity contribution in [3.63, 3.8) is 0 Å². The largest absolute Gasteiger partial charge is 0.481 e. The zero-order valence-electron chi connectivity index (χ0n) is 9.98. The summed E-state index contributed by atoms with van der Waals surface area (Å²) < 4.78 is 6.92. The molecular formula is C12H15N3O. The van der Waals surface area contributed by atoms with Crippen LogP contribution in [0.2, 0.25) is 0 Å². The molecule has 0 saturated carbocycles. The van der Waals surface area contributed by atoms with E-state index < -0.39 is 0 Å². The van der Waals surface area contributed by atoms with Crippen LogP contribution in [0.4, 0.5) is 0 Å². The van der Waals surface area contributed by atoms with Gasteiger partial charge in [-0.05, 0) is 19.9 Å². The fourth-order valence-electron chi connectivity index (χ4n) is 1.84. The average molecular weight is 217 g/mol. The summed E-state index contributed by atoms with van der Waals surface area (Å²) in [6.45, 7) is 4.06. The number of hydrogen-bond acceptors (Lipinski definition) is 3. The fraction of sp³-hybridized carbons (Fsp3) is 0.333. The van der Waals surface area contributed by atoms with Crippen molar-refractivity contribution in [3.05, 3.63) is 29.7 Å². The van der Waals surface area contributed by atoms with Crippen LogP contribution in [0.15, 0.2) is 18.3 Å². The highest BCUT2D eigenvalue weighted by Crippen LogP contribution is 2.26. The average Bonchev–Trinajstić information content (AvgIpc) is 2.54. The number of rotatable bonds is 2. The monoisotopic (exact) mass is 217 g/mol. The molecule has 0 radical (unpaired) electrons. The minimum Gasteiger partial charge on any atom is -0.481 e. The molecular weight excluding hydrogens is 202 g/mol. The molecule has 0 amide bonds. The summed E-state index contributed by atoms with van der Waals surface area (Å²) in [5.41, 5.74) is 4.39. The predicted octanol–water partition coefficient (Wildman–Crippen LogP) is 2.11. The molecule has 2 aromatic heterocycles. The van der Waals surface area contributed by atoms with E-state index in [1.807, 2.05) is 37.0 Å². The first-order valence-corrected chi connectivity index (χ1v) is 5.14. The second kappa shape index (κ2) is 3.96. The van der Waals surface area contributed by atoms with Crippen LogP contribution >= 0.6 is 0 Å². The van der Waals surface area contributed by atoms with Crippen LogP contribution in [0.25, 0.3) is 11.1 Å². The van der Waals surface area contributed by atoms with E-state index >= 15 is 0 Å². The summed E-state index contributed by atoms with van der Waals surface area (Å²) in [4.78, 5) is 4.21. The van der Waals surface area contributed by atoms with Crippen molar-refractivity contribution in [2.75, 3.05) is 7.11 Å². The lowest BCUT2D eigenvalue weighted by Crippen LogP contribution is -1.93. The maximum Gasteiger partial charge on any atom is 0.212 e. The molecule has 2 aromatic rings. The van der Waals surface area contributed by atoms with Gasteiger partial charge in [-0.25, -0.2) is 4.98 Å². The minimum absolute atomic E-state index is 0.628. The second-order valence-electron chi connectivity index (χ2n) is 3.76. The Balaban J connectivity index is 2.50. The van der Waals surface area contributed by atoms with Gasteiger partial charge in [0.15, 0.2) is 0 Å². The van der Waals surface area contributed by atoms with Crippen LogP contribution in [0.3, 0.4) is 0 Å². The molecule has 0 aromatic carbocycles. The molecule has 4 heteroatoms. The molecule has 0 aliphatic carbocycles. The predicted molar refractivity (Wildman–Crippen MR) is 62.5 cm³/mol. The van der Waals surface area contributed by atoms with E-state index in [0.717, 1.165) is 22.5 Å². The maximum atomic E-state index is 5.04. The van der Waals surface area contributed by atoms with Gasteiger partial charge < -0.3 is 4.74 Å². The smallest absolute Gasteiger partial charge is 0.212 e. The third kappa shape index (κ3) is 1.66. The van der Waals surface area contributed by atoms with E-state index in [1.54, 1.807) is 7.11 Å². The fourth-order valence-corrected chi connectivity index (χ4v) is 1.84. The summed E-state index contributed by atoms with van der Waals surface area (Å²) in [6.07, 6.45) is 1.82. The normalized spacial score (nSPS) is 10.5. The Labute approximate surface area is 94.9 Å².